The van der Waals surface area contributed by atoms with E-state index in [4.69, 9.17) is 0 Å². The third-order valence-electron chi connectivity index (χ3n) is 1.67. The summed E-state index contributed by atoms with van der Waals surface area (Å²) >= 11 is 1.94. The van der Waals surface area contributed by atoms with E-state index in [0.29, 0.717) is 5.25 Å². The van der Waals surface area contributed by atoms with Gasteiger partial charge in [0.2, 0.25) is 0 Å². The summed E-state index contributed by atoms with van der Waals surface area (Å²) in [4.78, 5) is 0. The molecular weight excluding hydrogens is 168 g/mol. The molecule has 0 aliphatic rings. The van der Waals surface area contributed by atoms with Gasteiger partial charge >= 0.3 is 0 Å². The van der Waals surface area contributed by atoms with E-state index < -0.39 is 0 Å². The van der Waals surface area contributed by atoms with Crippen LogP contribution >= 0.6 is 11.8 Å². The van der Waals surface area contributed by atoms with Crippen LogP contribution in [0.25, 0.3) is 0 Å². The molecule has 0 saturated heterocycles. The van der Waals surface area contributed by atoms with Gasteiger partial charge in [-0.25, -0.2) is 0 Å². The number of nitrogens with zero attached hydrogens (tertiary/aromatic N) is 2. The SMILES string of the molecule is Cc1cn(C)nc1CSC(C)C. The number of hydrogen-bond donors (Lipinski definition) is 0. The van der Waals surface area contributed by atoms with Gasteiger partial charge in [0.15, 0.2) is 0 Å². The summed E-state index contributed by atoms with van der Waals surface area (Å²) in [6, 6.07) is 0. The van der Waals surface area contributed by atoms with Gasteiger partial charge in [-0.2, -0.15) is 16.9 Å². The van der Waals surface area contributed by atoms with Gasteiger partial charge in [-0.15, -0.1) is 0 Å². The molecule has 68 valence electrons. The molecule has 0 fully saturated rings. The van der Waals surface area contributed by atoms with Crippen molar-refractivity contribution in [2.45, 2.75) is 31.8 Å². The van der Waals surface area contributed by atoms with Crippen LogP contribution in [0.4, 0.5) is 0 Å². The summed E-state index contributed by atoms with van der Waals surface area (Å²) in [6.07, 6.45) is 2.07. The van der Waals surface area contributed by atoms with Crippen LogP contribution in [0.3, 0.4) is 0 Å². The molecule has 0 radical (unpaired) electrons. The quantitative estimate of drug-likeness (QED) is 0.717. The summed E-state index contributed by atoms with van der Waals surface area (Å²) in [5, 5.41) is 5.06. The molecule has 3 heteroatoms. The highest BCUT2D eigenvalue weighted by atomic mass is 32.2. The van der Waals surface area contributed by atoms with Crippen LogP contribution in [0, 0.1) is 6.92 Å². The molecule has 0 saturated carbocycles. The second-order valence-electron chi connectivity index (χ2n) is 3.29. The van der Waals surface area contributed by atoms with Gasteiger partial charge in [0.05, 0.1) is 5.69 Å². The average molecular weight is 184 g/mol. The van der Waals surface area contributed by atoms with Crippen molar-refractivity contribution >= 4 is 11.8 Å². The first-order chi connectivity index (χ1) is 5.59. The Bertz CT molecular complexity index is 253. The highest BCUT2D eigenvalue weighted by molar-refractivity contribution is 7.99. The van der Waals surface area contributed by atoms with Crippen molar-refractivity contribution in [1.82, 2.24) is 9.78 Å². The van der Waals surface area contributed by atoms with Crippen LogP contribution in [-0.4, -0.2) is 15.0 Å². The number of hydrogen-bond acceptors (Lipinski definition) is 2. The van der Waals surface area contributed by atoms with Crippen LogP contribution in [0.5, 0.6) is 0 Å². The Hall–Kier alpha value is -0.440. The first kappa shape index (κ1) is 9.65. The predicted molar refractivity (Wildman–Crippen MR) is 54.4 cm³/mol. The normalized spacial score (nSPS) is 11.1. The molecule has 1 aromatic heterocycles. The van der Waals surface area contributed by atoms with E-state index in [0.717, 1.165) is 5.75 Å². The lowest BCUT2D eigenvalue weighted by atomic mass is 10.3. The highest BCUT2D eigenvalue weighted by Crippen LogP contribution is 2.17. The first-order valence-corrected chi connectivity index (χ1v) is 5.25. The van der Waals surface area contributed by atoms with E-state index in [-0.39, 0.29) is 0 Å². The number of thioether (sulfide) groups is 1. The van der Waals surface area contributed by atoms with Gasteiger partial charge in [0.1, 0.15) is 0 Å². The van der Waals surface area contributed by atoms with Gasteiger partial charge in [-0.3, -0.25) is 4.68 Å². The standard InChI is InChI=1S/C9H16N2S/c1-7(2)12-6-9-8(3)5-11(4)10-9/h5,7H,6H2,1-4H3. The minimum absolute atomic E-state index is 0.686. The maximum Gasteiger partial charge on any atom is 0.0752 e. The van der Waals surface area contributed by atoms with E-state index in [1.54, 1.807) is 0 Å². The maximum absolute atomic E-state index is 4.38. The molecule has 0 aromatic carbocycles. The van der Waals surface area contributed by atoms with Crippen molar-refractivity contribution in [1.29, 1.82) is 0 Å². The highest BCUT2D eigenvalue weighted by Gasteiger charge is 2.03. The molecule has 0 aliphatic heterocycles. The minimum Gasteiger partial charge on any atom is -0.275 e. The number of aromatic nitrogens is 2. The summed E-state index contributed by atoms with van der Waals surface area (Å²) in [6.45, 7) is 6.54. The molecule has 2 nitrogen and oxygen atoms in total. The fraction of sp³-hybridized carbons (Fsp3) is 0.667. The molecule has 0 unspecified atom stereocenters. The Kier molecular flexibility index (Phi) is 3.20. The lowest BCUT2D eigenvalue weighted by Crippen LogP contribution is -1.93. The first-order valence-electron chi connectivity index (χ1n) is 4.20. The molecule has 1 heterocycles. The van der Waals surface area contributed by atoms with Gasteiger partial charge < -0.3 is 0 Å². The van der Waals surface area contributed by atoms with E-state index in [1.807, 2.05) is 23.5 Å². The third-order valence-corrected chi connectivity index (χ3v) is 2.77. The van der Waals surface area contributed by atoms with E-state index in [9.17, 15) is 0 Å². The van der Waals surface area contributed by atoms with Crippen LogP contribution in [-0.2, 0) is 12.8 Å². The van der Waals surface area contributed by atoms with Gasteiger partial charge in [-0.05, 0) is 17.7 Å². The molecule has 0 amide bonds. The van der Waals surface area contributed by atoms with Crippen LogP contribution in [0.1, 0.15) is 25.1 Å². The zero-order valence-corrected chi connectivity index (χ0v) is 8.98. The van der Waals surface area contributed by atoms with Crippen molar-refractivity contribution in [2.75, 3.05) is 0 Å². The Morgan fingerprint density at radius 1 is 1.58 bits per heavy atom. The lowest BCUT2D eigenvalue weighted by molar-refractivity contribution is 0.754. The molecule has 0 aliphatic carbocycles. The molecule has 0 bridgehead atoms. The zero-order chi connectivity index (χ0) is 9.14. The smallest absolute Gasteiger partial charge is 0.0752 e. The van der Waals surface area contributed by atoms with E-state index in [1.165, 1.54) is 11.3 Å². The summed E-state index contributed by atoms with van der Waals surface area (Å²) in [7, 11) is 1.97. The fourth-order valence-corrected chi connectivity index (χ4v) is 1.82. The second-order valence-corrected chi connectivity index (χ2v) is 4.86. The van der Waals surface area contributed by atoms with Crippen molar-refractivity contribution in [3.63, 3.8) is 0 Å². The zero-order valence-electron chi connectivity index (χ0n) is 8.16. The molecule has 1 aromatic rings. The topological polar surface area (TPSA) is 17.8 Å². The third kappa shape index (κ3) is 2.55. The Balaban J connectivity index is 2.57. The molecule has 0 N–H and O–H groups in total. The Labute approximate surface area is 78.4 Å². The summed E-state index contributed by atoms with van der Waals surface area (Å²) in [5.41, 5.74) is 2.52. The molecule has 12 heavy (non-hydrogen) atoms. The Morgan fingerprint density at radius 3 is 2.67 bits per heavy atom. The lowest BCUT2D eigenvalue weighted by Gasteiger charge is -2.01. The predicted octanol–water partition coefficient (Wildman–Crippen LogP) is 2.37. The van der Waals surface area contributed by atoms with Crippen LogP contribution < -0.4 is 0 Å². The maximum atomic E-state index is 4.38. The number of rotatable bonds is 3. The van der Waals surface area contributed by atoms with E-state index in [2.05, 4.69) is 32.1 Å². The van der Waals surface area contributed by atoms with Gasteiger partial charge in [0, 0.05) is 19.0 Å². The fourth-order valence-electron chi connectivity index (χ4n) is 1.04. The van der Waals surface area contributed by atoms with Gasteiger partial charge in [0.25, 0.3) is 0 Å². The Morgan fingerprint density at radius 2 is 2.25 bits per heavy atom. The van der Waals surface area contributed by atoms with Crippen molar-refractivity contribution in [2.24, 2.45) is 7.05 Å². The molecule has 0 atom stereocenters. The number of aryl methyl sites for hydroxylation is 2. The monoisotopic (exact) mass is 184 g/mol. The van der Waals surface area contributed by atoms with Crippen LogP contribution in [0.2, 0.25) is 0 Å². The average Bonchev–Trinajstić information content (AvgIpc) is 2.26. The van der Waals surface area contributed by atoms with Crippen molar-refractivity contribution in [3.8, 4) is 0 Å². The van der Waals surface area contributed by atoms with Crippen molar-refractivity contribution in [3.05, 3.63) is 17.5 Å². The summed E-state index contributed by atoms with van der Waals surface area (Å²) in [5.74, 6) is 1.03. The van der Waals surface area contributed by atoms with Crippen molar-refractivity contribution < 1.29 is 0 Å². The molecule has 1 rings (SSSR count). The van der Waals surface area contributed by atoms with E-state index >= 15 is 0 Å². The molecule has 0 spiro atoms. The van der Waals surface area contributed by atoms with Gasteiger partial charge in [-0.1, -0.05) is 13.8 Å². The minimum atomic E-state index is 0.686. The van der Waals surface area contributed by atoms with Crippen LogP contribution in [0.15, 0.2) is 6.20 Å². The largest absolute Gasteiger partial charge is 0.275 e. The summed E-state index contributed by atoms with van der Waals surface area (Å²) < 4.78 is 1.88. The molecular formula is C9H16N2S. The second kappa shape index (κ2) is 3.99.